The number of amides is 3. The monoisotopic (exact) mass is 331 g/mol. The lowest BCUT2D eigenvalue weighted by molar-refractivity contribution is -0.148. The zero-order valence-corrected chi connectivity index (χ0v) is 13.9. The minimum Gasteiger partial charge on any atom is -0.347 e. The van der Waals surface area contributed by atoms with E-state index in [1.54, 1.807) is 23.9 Å². The summed E-state index contributed by atoms with van der Waals surface area (Å²) in [5.74, 6) is -0.157. The molecule has 3 rings (SSSR count). The van der Waals surface area contributed by atoms with Crippen molar-refractivity contribution in [3.63, 3.8) is 0 Å². The van der Waals surface area contributed by atoms with Gasteiger partial charge < -0.3 is 14.7 Å². The topological polar surface area (TPSA) is 86.7 Å². The second-order valence-electron chi connectivity index (χ2n) is 6.54. The van der Waals surface area contributed by atoms with Gasteiger partial charge in [-0.25, -0.2) is 9.97 Å². The summed E-state index contributed by atoms with van der Waals surface area (Å²) >= 11 is 0. The Balaban J connectivity index is 1.77. The average molecular weight is 331 g/mol. The molecule has 0 spiro atoms. The highest BCUT2D eigenvalue weighted by Gasteiger charge is 2.43. The molecular weight excluding hydrogens is 310 g/mol. The van der Waals surface area contributed by atoms with Gasteiger partial charge in [-0.1, -0.05) is 0 Å². The summed E-state index contributed by atoms with van der Waals surface area (Å²) in [6.45, 7) is 1.20. The first-order valence-electron chi connectivity index (χ1n) is 8.02. The summed E-state index contributed by atoms with van der Waals surface area (Å²) in [7, 11) is 3.34. The third-order valence-corrected chi connectivity index (χ3v) is 4.68. The Bertz CT molecular complexity index is 648. The Morgan fingerprint density at radius 2 is 2.00 bits per heavy atom. The van der Waals surface area contributed by atoms with E-state index in [0.29, 0.717) is 31.0 Å². The van der Waals surface area contributed by atoms with Crippen LogP contribution >= 0.6 is 0 Å². The van der Waals surface area contributed by atoms with Gasteiger partial charge in [0.15, 0.2) is 0 Å². The van der Waals surface area contributed by atoms with Gasteiger partial charge >= 0.3 is 0 Å². The molecule has 2 atom stereocenters. The highest BCUT2D eigenvalue weighted by molar-refractivity contribution is 5.98. The van der Waals surface area contributed by atoms with E-state index < -0.39 is 6.04 Å². The van der Waals surface area contributed by atoms with Gasteiger partial charge in [-0.3, -0.25) is 14.4 Å². The molecule has 8 nitrogen and oxygen atoms in total. The number of piperidine rings is 2. The predicted octanol–water partition coefficient (Wildman–Crippen LogP) is -0.372. The average Bonchev–Trinajstić information content (AvgIpc) is 2.59. The second-order valence-corrected chi connectivity index (χ2v) is 6.54. The van der Waals surface area contributed by atoms with Crippen LogP contribution in [-0.2, 0) is 9.59 Å². The van der Waals surface area contributed by atoms with Gasteiger partial charge in [-0.15, -0.1) is 0 Å². The van der Waals surface area contributed by atoms with Crippen LogP contribution in [0.5, 0.6) is 0 Å². The minimum atomic E-state index is -0.500. The SMILES string of the molecule is CN(C)C(=O)CN1C[C@H]2CCN(C(=O)c3cncnc3)[C@H](C2)C1=O. The first-order chi connectivity index (χ1) is 11.5. The largest absolute Gasteiger partial charge is 0.347 e. The van der Waals surface area contributed by atoms with Crippen LogP contribution in [0.15, 0.2) is 18.7 Å². The zero-order valence-electron chi connectivity index (χ0n) is 13.9. The molecule has 3 amide bonds. The molecule has 0 N–H and O–H groups in total. The first kappa shape index (κ1) is 16.4. The van der Waals surface area contributed by atoms with Crippen molar-refractivity contribution in [2.24, 2.45) is 5.92 Å². The summed E-state index contributed by atoms with van der Waals surface area (Å²) in [4.78, 5) is 49.8. The van der Waals surface area contributed by atoms with Crippen LogP contribution < -0.4 is 0 Å². The summed E-state index contributed by atoms with van der Waals surface area (Å²) in [5.41, 5.74) is 0.380. The maximum Gasteiger partial charge on any atom is 0.257 e. The number of aromatic nitrogens is 2. The van der Waals surface area contributed by atoms with Gasteiger partial charge in [0.05, 0.1) is 12.1 Å². The molecule has 2 bridgehead atoms. The van der Waals surface area contributed by atoms with E-state index in [4.69, 9.17) is 0 Å². The number of likely N-dealkylation sites (N-methyl/N-ethyl adjacent to an activating group) is 1. The highest BCUT2D eigenvalue weighted by Crippen LogP contribution is 2.30. The summed E-state index contributed by atoms with van der Waals surface area (Å²) in [6.07, 6.45) is 5.77. The molecule has 24 heavy (non-hydrogen) atoms. The van der Waals surface area contributed by atoms with Crippen molar-refractivity contribution < 1.29 is 14.4 Å². The van der Waals surface area contributed by atoms with Gasteiger partial charge in [0.1, 0.15) is 12.4 Å². The number of fused-ring (bicyclic) bond motifs is 2. The molecule has 2 aliphatic rings. The van der Waals surface area contributed by atoms with Gasteiger partial charge in [-0.2, -0.15) is 0 Å². The molecule has 8 heteroatoms. The molecule has 2 aliphatic heterocycles. The quantitative estimate of drug-likeness (QED) is 0.754. The molecule has 128 valence electrons. The number of hydrogen-bond donors (Lipinski definition) is 0. The van der Waals surface area contributed by atoms with Crippen molar-refractivity contribution in [2.45, 2.75) is 18.9 Å². The summed E-state index contributed by atoms with van der Waals surface area (Å²) in [5, 5.41) is 0. The number of nitrogens with zero attached hydrogens (tertiary/aromatic N) is 5. The normalized spacial score (nSPS) is 23.2. The minimum absolute atomic E-state index is 0.0648. The molecule has 2 fully saturated rings. The summed E-state index contributed by atoms with van der Waals surface area (Å²) < 4.78 is 0. The van der Waals surface area contributed by atoms with E-state index in [1.165, 1.54) is 23.6 Å². The second kappa shape index (κ2) is 6.54. The van der Waals surface area contributed by atoms with Crippen molar-refractivity contribution in [1.82, 2.24) is 24.7 Å². The standard InChI is InChI=1S/C16H21N5O3/c1-19(2)14(22)9-20-8-11-3-4-21(13(5-11)16(20)24)15(23)12-6-17-10-18-7-12/h6-7,10-11,13H,3-5,8-9H2,1-2H3/t11-,13+/m0/s1. The fourth-order valence-electron chi connectivity index (χ4n) is 3.32. The molecule has 0 aromatic carbocycles. The van der Waals surface area contributed by atoms with Crippen LogP contribution in [0.1, 0.15) is 23.2 Å². The number of carbonyl (C=O) groups excluding carboxylic acids is 3. The highest BCUT2D eigenvalue weighted by atomic mass is 16.2. The van der Waals surface area contributed by atoms with Crippen LogP contribution in [-0.4, -0.2) is 82.2 Å². The van der Waals surface area contributed by atoms with Gasteiger partial charge in [0.25, 0.3) is 5.91 Å². The Labute approximate surface area is 140 Å². The van der Waals surface area contributed by atoms with Crippen molar-refractivity contribution in [2.75, 3.05) is 33.7 Å². The molecular formula is C16H21N5O3. The van der Waals surface area contributed by atoms with Crippen molar-refractivity contribution in [3.05, 3.63) is 24.3 Å². The van der Waals surface area contributed by atoms with Gasteiger partial charge in [0.2, 0.25) is 11.8 Å². The maximum atomic E-state index is 12.8. The van der Waals surface area contributed by atoms with Crippen molar-refractivity contribution >= 4 is 17.7 Å². The fourth-order valence-corrected chi connectivity index (χ4v) is 3.32. The van der Waals surface area contributed by atoms with E-state index >= 15 is 0 Å². The van der Waals surface area contributed by atoms with E-state index in [2.05, 4.69) is 9.97 Å². The Kier molecular flexibility index (Phi) is 4.46. The molecule has 3 heterocycles. The zero-order chi connectivity index (χ0) is 17.3. The Hall–Kier alpha value is -2.51. The summed E-state index contributed by atoms with van der Waals surface area (Å²) in [6, 6.07) is -0.500. The van der Waals surface area contributed by atoms with E-state index in [1.807, 2.05) is 0 Å². The number of likely N-dealkylation sites (tertiary alicyclic amines) is 2. The van der Waals surface area contributed by atoms with Crippen LogP contribution in [0.25, 0.3) is 0 Å². The third kappa shape index (κ3) is 3.08. The number of hydrogen-bond acceptors (Lipinski definition) is 5. The smallest absolute Gasteiger partial charge is 0.257 e. The van der Waals surface area contributed by atoms with Gasteiger partial charge in [0, 0.05) is 39.6 Å². The molecule has 1 aromatic rings. The lowest BCUT2D eigenvalue weighted by Crippen LogP contribution is -2.61. The molecule has 0 aliphatic carbocycles. The van der Waals surface area contributed by atoms with E-state index in [-0.39, 0.29) is 24.3 Å². The Morgan fingerprint density at radius 3 is 2.67 bits per heavy atom. The van der Waals surface area contributed by atoms with Gasteiger partial charge in [-0.05, 0) is 18.8 Å². The molecule has 0 radical (unpaired) electrons. The Morgan fingerprint density at radius 1 is 1.29 bits per heavy atom. The van der Waals surface area contributed by atoms with Crippen molar-refractivity contribution in [1.29, 1.82) is 0 Å². The molecule has 1 aromatic heterocycles. The van der Waals surface area contributed by atoms with Crippen LogP contribution in [0.3, 0.4) is 0 Å². The van der Waals surface area contributed by atoms with Crippen molar-refractivity contribution in [3.8, 4) is 0 Å². The van der Waals surface area contributed by atoms with Crippen LogP contribution in [0.2, 0.25) is 0 Å². The molecule has 2 saturated heterocycles. The first-order valence-corrected chi connectivity index (χ1v) is 8.02. The molecule has 0 unspecified atom stereocenters. The lowest BCUT2D eigenvalue weighted by atomic mass is 9.85. The third-order valence-electron chi connectivity index (χ3n) is 4.68. The van der Waals surface area contributed by atoms with Crippen LogP contribution in [0, 0.1) is 5.92 Å². The van der Waals surface area contributed by atoms with E-state index in [9.17, 15) is 14.4 Å². The predicted molar refractivity (Wildman–Crippen MR) is 84.9 cm³/mol. The number of rotatable bonds is 3. The lowest BCUT2D eigenvalue weighted by Gasteiger charge is -2.46. The fraction of sp³-hybridized carbons (Fsp3) is 0.562. The number of carbonyl (C=O) groups is 3. The molecule has 0 saturated carbocycles. The maximum absolute atomic E-state index is 12.8. The van der Waals surface area contributed by atoms with Crippen LogP contribution in [0.4, 0.5) is 0 Å². The van der Waals surface area contributed by atoms with E-state index in [0.717, 1.165) is 6.42 Å².